The van der Waals surface area contributed by atoms with E-state index in [0.29, 0.717) is 0 Å². The van der Waals surface area contributed by atoms with Crippen molar-refractivity contribution in [1.29, 1.82) is 0 Å². The van der Waals surface area contributed by atoms with E-state index in [1.807, 2.05) is 55.5 Å². The fourth-order valence-electron chi connectivity index (χ4n) is 2.95. The Bertz CT molecular complexity index is 819. The van der Waals surface area contributed by atoms with Crippen LogP contribution in [0.25, 0.3) is 0 Å². The maximum Gasteiger partial charge on any atom is 0.490 e. The summed E-state index contributed by atoms with van der Waals surface area (Å²) in [4.78, 5) is 23.8. The average Bonchev–Trinajstić information content (AvgIpc) is 3.23. The quantitative estimate of drug-likeness (QED) is 0.772. The predicted octanol–water partition coefficient (Wildman–Crippen LogP) is 4.66. The molecule has 1 aliphatic rings. The SMILES string of the molecule is C[C@H](C(=O)Nc1ccccc1N1CCCC1)c1ccccc1.O=C(O)C(F)(F)F. The summed E-state index contributed by atoms with van der Waals surface area (Å²) in [6.45, 7) is 4.09. The van der Waals surface area contributed by atoms with Crippen molar-refractivity contribution in [3.8, 4) is 0 Å². The third-order valence-corrected chi connectivity index (χ3v) is 4.54. The Morgan fingerprint density at radius 1 is 1.00 bits per heavy atom. The van der Waals surface area contributed by atoms with Gasteiger partial charge in [0.15, 0.2) is 0 Å². The van der Waals surface area contributed by atoms with E-state index >= 15 is 0 Å². The first-order valence-electron chi connectivity index (χ1n) is 9.20. The van der Waals surface area contributed by atoms with Crippen LogP contribution in [-0.4, -0.2) is 36.2 Å². The van der Waals surface area contributed by atoms with Crippen LogP contribution < -0.4 is 10.2 Å². The van der Waals surface area contributed by atoms with Gasteiger partial charge in [0, 0.05) is 13.1 Å². The first-order chi connectivity index (χ1) is 13.7. The van der Waals surface area contributed by atoms with Gasteiger partial charge in [0.2, 0.25) is 5.91 Å². The van der Waals surface area contributed by atoms with Gasteiger partial charge in [0.25, 0.3) is 0 Å². The molecule has 8 heteroatoms. The van der Waals surface area contributed by atoms with Crippen LogP contribution in [0.2, 0.25) is 0 Å². The highest BCUT2D eigenvalue weighted by Crippen LogP contribution is 2.29. The number of nitrogens with zero attached hydrogens (tertiary/aromatic N) is 1. The highest BCUT2D eigenvalue weighted by molar-refractivity contribution is 5.98. The summed E-state index contributed by atoms with van der Waals surface area (Å²) in [5.41, 5.74) is 3.09. The van der Waals surface area contributed by atoms with Crippen LogP contribution in [-0.2, 0) is 9.59 Å². The van der Waals surface area contributed by atoms with Crippen molar-refractivity contribution in [1.82, 2.24) is 0 Å². The Morgan fingerprint density at radius 3 is 2.07 bits per heavy atom. The minimum Gasteiger partial charge on any atom is -0.475 e. The number of para-hydroxylation sites is 2. The molecule has 0 spiro atoms. The Labute approximate surface area is 167 Å². The number of carboxylic acid groups (broad SMARTS) is 1. The lowest BCUT2D eigenvalue weighted by Crippen LogP contribution is -2.23. The monoisotopic (exact) mass is 408 g/mol. The molecule has 2 aromatic carbocycles. The van der Waals surface area contributed by atoms with Crippen LogP contribution in [0.4, 0.5) is 24.5 Å². The first kappa shape index (κ1) is 22.3. The van der Waals surface area contributed by atoms with Gasteiger partial charge in [-0.05, 0) is 37.5 Å². The Kier molecular flexibility index (Phi) is 7.64. The molecule has 1 amide bonds. The Hall–Kier alpha value is -3.03. The number of hydrogen-bond donors (Lipinski definition) is 2. The van der Waals surface area contributed by atoms with Gasteiger partial charge in [0.05, 0.1) is 17.3 Å². The maximum atomic E-state index is 12.6. The molecule has 1 aliphatic heterocycles. The fraction of sp³-hybridized carbons (Fsp3) is 0.333. The molecule has 3 rings (SSSR count). The Balaban J connectivity index is 0.000000370. The molecule has 2 N–H and O–H groups in total. The predicted molar refractivity (Wildman–Crippen MR) is 105 cm³/mol. The van der Waals surface area contributed by atoms with Crippen molar-refractivity contribution in [2.24, 2.45) is 0 Å². The third-order valence-electron chi connectivity index (χ3n) is 4.54. The highest BCUT2D eigenvalue weighted by Gasteiger charge is 2.38. The zero-order chi connectivity index (χ0) is 21.4. The molecule has 0 saturated carbocycles. The van der Waals surface area contributed by atoms with Crippen LogP contribution >= 0.6 is 0 Å². The zero-order valence-corrected chi connectivity index (χ0v) is 15.9. The number of carbonyl (C=O) groups is 2. The normalized spacial score (nSPS) is 14.6. The second kappa shape index (κ2) is 9.95. The van der Waals surface area contributed by atoms with Crippen molar-refractivity contribution in [3.05, 3.63) is 60.2 Å². The number of rotatable bonds is 4. The van der Waals surface area contributed by atoms with E-state index in [0.717, 1.165) is 30.0 Å². The molecule has 0 aromatic heterocycles. The van der Waals surface area contributed by atoms with Crippen LogP contribution in [0.1, 0.15) is 31.2 Å². The first-order valence-corrected chi connectivity index (χ1v) is 9.20. The molecule has 0 aliphatic carbocycles. The van der Waals surface area contributed by atoms with Crippen molar-refractivity contribution in [2.75, 3.05) is 23.3 Å². The molecule has 0 radical (unpaired) electrons. The van der Waals surface area contributed by atoms with Crippen LogP contribution in [0.3, 0.4) is 0 Å². The molecule has 0 bridgehead atoms. The van der Waals surface area contributed by atoms with E-state index in [9.17, 15) is 18.0 Å². The molecule has 1 heterocycles. The molecule has 1 atom stereocenters. The van der Waals surface area contributed by atoms with E-state index in [1.165, 1.54) is 12.8 Å². The van der Waals surface area contributed by atoms with Crippen molar-refractivity contribution < 1.29 is 27.9 Å². The van der Waals surface area contributed by atoms with Crippen molar-refractivity contribution in [2.45, 2.75) is 31.9 Å². The van der Waals surface area contributed by atoms with Gasteiger partial charge in [0.1, 0.15) is 0 Å². The van der Waals surface area contributed by atoms with E-state index in [1.54, 1.807) is 0 Å². The molecule has 156 valence electrons. The number of carboxylic acids is 1. The second-order valence-electron chi connectivity index (χ2n) is 6.64. The van der Waals surface area contributed by atoms with E-state index in [-0.39, 0.29) is 11.8 Å². The van der Waals surface area contributed by atoms with Gasteiger partial charge in [-0.1, -0.05) is 42.5 Å². The summed E-state index contributed by atoms with van der Waals surface area (Å²) in [7, 11) is 0. The maximum absolute atomic E-state index is 12.6. The fourth-order valence-corrected chi connectivity index (χ4v) is 2.95. The van der Waals surface area contributed by atoms with Gasteiger partial charge in [-0.25, -0.2) is 4.79 Å². The standard InChI is InChI=1S/C19H22N2O.C2HF3O2/c1-15(16-9-3-2-4-10-16)19(22)20-17-11-5-6-12-18(17)21-13-7-8-14-21;3-2(4,5)1(6)7/h2-6,9-12,15H,7-8,13-14H2,1H3,(H,20,22);(H,6,7)/t15-;/m0./s1. The minimum atomic E-state index is -5.08. The van der Waals surface area contributed by atoms with Crippen LogP contribution in [0.15, 0.2) is 54.6 Å². The van der Waals surface area contributed by atoms with Crippen LogP contribution in [0.5, 0.6) is 0 Å². The van der Waals surface area contributed by atoms with E-state index in [2.05, 4.69) is 16.3 Å². The number of carbonyl (C=O) groups excluding carboxylic acids is 1. The highest BCUT2D eigenvalue weighted by atomic mass is 19.4. The van der Waals surface area contributed by atoms with Gasteiger partial charge < -0.3 is 15.3 Å². The van der Waals surface area contributed by atoms with Crippen molar-refractivity contribution >= 4 is 23.3 Å². The lowest BCUT2D eigenvalue weighted by Gasteiger charge is -2.22. The number of anilines is 2. The van der Waals surface area contributed by atoms with Crippen molar-refractivity contribution in [3.63, 3.8) is 0 Å². The second-order valence-corrected chi connectivity index (χ2v) is 6.64. The van der Waals surface area contributed by atoms with Gasteiger partial charge in [-0.15, -0.1) is 0 Å². The molecule has 1 saturated heterocycles. The number of hydrogen-bond acceptors (Lipinski definition) is 3. The largest absolute Gasteiger partial charge is 0.490 e. The van der Waals surface area contributed by atoms with Gasteiger partial charge in [-0.3, -0.25) is 4.79 Å². The average molecular weight is 408 g/mol. The zero-order valence-electron chi connectivity index (χ0n) is 15.9. The van der Waals surface area contributed by atoms with E-state index in [4.69, 9.17) is 9.90 Å². The molecular weight excluding hydrogens is 385 g/mol. The number of aliphatic carboxylic acids is 1. The third kappa shape index (κ3) is 6.51. The smallest absolute Gasteiger partial charge is 0.475 e. The number of amides is 1. The summed E-state index contributed by atoms with van der Waals surface area (Å²) < 4.78 is 31.7. The topological polar surface area (TPSA) is 69.6 Å². The summed E-state index contributed by atoms with van der Waals surface area (Å²) in [6, 6.07) is 18.0. The molecule has 2 aromatic rings. The summed E-state index contributed by atoms with van der Waals surface area (Å²) in [5, 5.41) is 10.2. The van der Waals surface area contributed by atoms with Gasteiger partial charge in [-0.2, -0.15) is 13.2 Å². The lowest BCUT2D eigenvalue weighted by molar-refractivity contribution is -0.192. The number of benzene rings is 2. The molecule has 0 unspecified atom stereocenters. The summed E-state index contributed by atoms with van der Waals surface area (Å²) in [5.74, 6) is -2.88. The Morgan fingerprint density at radius 2 is 1.52 bits per heavy atom. The van der Waals surface area contributed by atoms with Gasteiger partial charge >= 0.3 is 12.1 Å². The number of nitrogens with one attached hydrogen (secondary N) is 1. The molecule has 29 heavy (non-hydrogen) atoms. The van der Waals surface area contributed by atoms with E-state index < -0.39 is 12.1 Å². The summed E-state index contributed by atoms with van der Waals surface area (Å²) >= 11 is 0. The lowest BCUT2D eigenvalue weighted by atomic mass is 10.0. The van der Waals surface area contributed by atoms with Crippen LogP contribution in [0, 0.1) is 0 Å². The number of halogens is 3. The number of alkyl halides is 3. The summed E-state index contributed by atoms with van der Waals surface area (Å²) in [6.07, 6.45) is -2.63. The molecular formula is C21H23F3N2O3. The minimum absolute atomic E-state index is 0.0397. The molecule has 1 fully saturated rings. The molecule has 5 nitrogen and oxygen atoms in total.